The van der Waals surface area contributed by atoms with Gasteiger partial charge in [0.15, 0.2) is 0 Å². The molecule has 1 aromatic carbocycles. The van der Waals surface area contributed by atoms with Crippen LogP contribution in [0.15, 0.2) is 42.7 Å². The van der Waals surface area contributed by atoms with Crippen molar-refractivity contribution in [2.75, 3.05) is 25.6 Å². The van der Waals surface area contributed by atoms with Crippen LogP contribution in [0.25, 0.3) is 0 Å². The Morgan fingerprint density at radius 1 is 1.29 bits per heavy atom. The number of anilines is 1. The summed E-state index contributed by atoms with van der Waals surface area (Å²) in [6.45, 7) is 2.27. The Kier molecular flexibility index (Phi) is 4.16. The van der Waals surface area contributed by atoms with E-state index in [1.54, 1.807) is 13.3 Å². The molecule has 17 heavy (non-hydrogen) atoms. The molecule has 4 heteroatoms. The highest BCUT2D eigenvalue weighted by Gasteiger charge is 2.02. The van der Waals surface area contributed by atoms with Gasteiger partial charge in [0.25, 0.3) is 0 Å². The molecule has 0 spiro atoms. The number of nitrogens with zero attached hydrogens (tertiary/aromatic N) is 2. The van der Waals surface area contributed by atoms with Crippen LogP contribution in [-0.2, 0) is 11.3 Å². The third-order valence-corrected chi connectivity index (χ3v) is 2.50. The summed E-state index contributed by atoms with van der Waals surface area (Å²) >= 11 is 0. The zero-order valence-corrected chi connectivity index (χ0v) is 9.97. The Labute approximate surface area is 101 Å². The van der Waals surface area contributed by atoms with Crippen LogP contribution in [0.3, 0.4) is 0 Å². The molecule has 0 amide bonds. The maximum absolute atomic E-state index is 5.00. The number of rotatable bonds is 6. The number of imidazole rings is 1. The van der Waals surface area contributed by atoms with Gasteiger partial charge in [0.2, 0.25) is 5.95 Å². The number of hydrogen-bond acceptors (Lipinski definition) is 3. The molecular formula is C13H17N3O. The maximum Gasteiger partial charge on any atom is 0.203 e. The topological polar surface area (TPSA) is 39.1 Å². The minimum Gasteiger partial charge on any atom is -0.383 e. The fourth-order valence-corrected chi connectivity index (χ4v) is 1.65. The molecule has 0 radical (unpaired) electrons. The summed E-state index contributed by atoms with van der Waals surface area (Å²) in [4.78, 5) is 4.28. The molecule has 0 aliphatic carbocycles. The van der Waals surface area contributed by atoms with Gasteiger partial charge in [0, 0.05) is 26.0 Å². The Morgan fingerprint density at radius 3 is 2.88 bits per heavy atom. The third kappa shape index (κ3) is 3.32. The molecule has 4 nitrogen and oxygen atoms in total. The quantitative estimate of drug-likeness (QED) is 0.773. The SMILES string of the molecule is COCCNc1nccn1Cc1ccccc1. The van der Waals surface area contributed by atoms with Crippen LogP contribution in [0.2, 0.25) is 0 Å². The highest BCUT2D eigenvalue weighted by atomic mass is 16.5. The molecular weight excluding hydrogens is 214 g/mol. The van der Waals surface area contributed by atoms with Crippen molar-refractivity contribution in [3.05, 3.63) is 48.3 Å². The van der Waals surface area contributed by atoms with E-state index in [2.05, 4.69) is 27.0 Å². The monoisotopic (exact) mass is 231 g/mol. The van der Waals surface area contributed by atoms with Gasteiger partial charge in [-0.1, -0.05) is 30.3 Å². The fourth-order valence-electron chi connectivity index (χ4n) is 1.65. The van der Waals surface area contributed by atoms with Crippen LogP contribution in [-0.4, -0.2) is 29.8 Å². The van der Waals surface area contributed by atoms with Crippen LogP contribution in [0.4, 0.5) is 5.95 Å². The standard InChI is InChI=1S/C13H17N3O/c1-17-10-8-15-13-14-7-9-16(13)11-12-5-3-2-4-6-12/h2-7,9H,8,10-11H2,1H3,(H,14,15). The van der Waals surface area contributed by atoms with Gasteiger partial charge < -0.3 is 14.6 Å². The van der Waals surface area contributed by atoms with Crippen molar-refractivity contribution in [3.63, 3.8) is 0 Å². The van der Waals surface area contributed by atoms with Crippen molar-refractivity contribution in [2.45, 2.75) is 6.54 Å². The van der Waals surface area contributed by atoms with E-state index in [0.29, 0.717) is 6.61 Å². The Balaban J connectivity index is 1.99. The van der Waals surface area contributed by atoms with E-state index in [-0.39, 0.29) is 0 Å². The fraction of sp³-hybridized carbons (Fsp3) is 0.308. The van der Waals surface area contributed by atoms with Crippen molar-refractivity contribution >= 4 is 5.95 Å². The highest BCUT2D eigenvalue weighted by Crippen LogP contribution is 2.08. The largest absolute Gasteiger partial charge is 0.383 e. The first kappa shape index (κ1) is 11.7. The number of hydrogen-bond donors (Lipinski definition) is 1. The van der Waals surface area contributed by atoms with Gasteiger partial charge in [-0.3, -0.25) is 0 Å². The Morgan fingerprint density at radius 2 is 2.12 bits per heavy atom. The summed E-state index contributed by atoms with van der Waals surface area (Å²) in [5, 5.41) is 3.24. The molecule has 0 atom stereocenters. The van der Waals surface area contributed by atoms with Gasteiger partial charge in [0.1, 0.15) is 0 Å². The van der Waals surface area contributed by atoms with E-state index in [4.69, 9.17) is 4.74 Å². The lowest BCUT2D eigenvalue weighted by Gasteiger charge is -2.09. The molecule has 2 aromatic rings. The molecule has 0 unspecified atom stereocenters. The molecule has 1 heterocycles. The number of nitrogens with one attached hydrogen (secondary N) is 1. The molecule has 0 aliphatic heterocycles. The summed E-state index contributed by atoms with van der Waals surface area (Å²) in [5.74, 6) is 0.880. The van der Waals surface area contributed by atoms with Crippen LogP contribution in [0.1, 0.15) is 5.56 Å². The van der Waals surface area contributed by atoms with Crippen molar-refractivity contribution < 1.29 is 4.74 Å². The molecule has 0 saturated heterocycles. The van der Waals surface area contributed by atoms with E-state index in [1.807, 2.05) is 24.4 Å². The van der Waals surface area contributed by atoms with Crippen LogP contribution in [0.5, 0.6) is 0 Å². The van der Waals surface area contributed by atoms with E-state index in [1.165, 1.54) is 5.56 Å². The van der Waals surface area contributed by atoms with Gasteiger partial charge >= 0.3 is 0 Å². The van der Waals surface area contributed by atoms with Gasteiger partial charge in [-0.05, 0) is 5.56 Å². The summed E-state index contributed by atoms with van der Waals surface area (Å²) in [5.41, 5.74) is 1.26. The zero-order valence-electron chi connectivity index (χ0n) is 9.97. The second-order valence-electron chi connectivity index (χ2n) is 3.78. The minimum absolute atomic E-state index is 0.679. The van der Waals surface area contributed by atoms with Gasteiger partial charge in [-0.25, -0.2) is 4.98 Å². The first-order valence-electron chi connectivity index (χ1n) is 5.68. The molecule has 0 fully saturated rings. The van der Waals surface area contributed by atoms with Crippen molar-refractivity contribution in [1.29, 1.82) is 0 Å². The van der Waals surface area contributed by atoms with E-state index in [9.17, 15) is 0 Å². The van der Waals surface area contributed by atoms with E-state index in [0.717, 1.165) is 19.0 Å². The minimum atomic E-state index is 0.679. The summed E-state index contributed by atoms with van der Waals surface area (Å²) in [7, 11) is 1.69. The molecule has 2 rings (SSSR count). The maximum atomic E-state index is 5.00. The summed E-state index contributed by atoms with van der Waals surface area (Å²) < 4.78 is 7.09. The van der Waals surface area contributed by atoms with Crippen molar-refractivity contribution in [1.82, 2.24) is 9.55 Å². The smallest absolute Gasteiger partial charge is 0.203 e. The number of ether oxygens (including phenoxy) is 1. The first-order valence-corrected chi connectivity index (χ1v) is 5.68. The zero-order chi connectivity index (χ0) is 11.9. The van der Waals surface area contributed by atoms with Crippen LogP contribution < -0.4 is 5.32 Å². The Hall–Kier alpha value is -1.81. The first-order chi connectivity index (χ1) is 8.40. The second kappa shape index (κ2) is 6.06. The highest BCUT2D eigenvalue weighted by molar-refractivity contribution is 5.27. The molecule has 0 saturated carbocycles. The number of aromatic nitrogens is 2. The number of benzene rings is 1. The molecule has 0 bridgehead atoms. The normalized spacial score (nSPS) is 10.4. The second-order valence-corrected chi connectivity index (χ2v) is 3.78. The van der Waals surface area contributed by atoms with Gasteiger partial charge in [-0.15, -0.1) is 0 Å². The molecule has 1 aromatic heterocycles. The summed E-state index contributed by atoms with van der Waals surface area (Å²) in [6, 6.07) is 10.3. The van der Waals surface area contributed by atoms with E-state index < -0.39 is 0 Å². The third-order valence-electron chi connectivity index (χ3n) is 2.50. The average Bonchev–Trinajstić information content (AvgIpc) is 2.79. The Bertz CT molecular complexity index is 439. The predicted octanol–water partition coefficient (Wildman–Crippen LogP) is 1.99. The van der Waals surface area contributed by atoms with Crippen molar-refractivity contribution in [2.24, 2.45) is 0 Å². The predicted molar refractivity (Wildman–Crippen MR) is 68.1 cm³/mol. The molecule has 1 N–H and O–H groups in total. The van der Waals surface area contributed by atoms with Crippen LogP contribution >= 0.6 is 0 Å². The van der Waals surface area contributed by atoms with Gasteiger partial charge in [0.05, 0.1) is 13.2 Å². The van der Waals surface area contributed by atoms with Crippen molar-refractivity contribution in [3.8, 4) is 0 Å². The van der Waals surface area contributed by atoms with Gasteiger partial charge in [-0.2, -0.15) is 0 Å². The molecule has 90 valence electrons. The lowest BCUT2D eigenvalue weighted by Crippen LogP contribution is -2.12. The summed E-state index contributed by atoms with van der Waals surface area (Å²) in [6.07, 6.45) is 3.78. The number of methoxy groups -OCH3 is 1. The van der Waals surface area contributed by atoms with Crippen LogP contribution in [0, 0.1) is 0 Å². The lowest BCUT2D eigenvalue weighted by molar-refractivity contribution is 0.210. The lowest BCUT2D eigenvalue weighted by atomic mass is 10.2. The molecule has 0 aliphatic rings. The average molecular weight is 231 g/mol. The van der Waals surface area contributed by atoms with E-state index >= 15 is 0 Å².